The number of rotatable bonds is 3. The van der Waals surface area contributed by atoms with Crippen LogP contribution in [0.15, 0.2) is 0 Å². The Morgan fingerprint density at radius 1 is 1.42 bits per heavy atom. The van der Waals surface area contributed by atoms with Crippen LogP contribution in [0, 0.1) is 0 Å². The zero-order valence-corrected chi connectivity index (χ0v) is 13.0. The summed E-state index contributed by atoms with van der Waals surface area (Å²) in [5.74, 6) is -0.0810. The number of hydrogen-bond acceptors (Lipinski definition) is 4. The molecule has 7 heteroatoms. The highest BCUT2D eigenvalue weighted by atomic mass is 32.2. The quantitative estimate of drug-likeness (QED) is 0.768. The maximum Gasteiger partial charge on any atom is 0.237 e. The second-order valence-electron chi connectivity index (χ2n) is 6.26. The number of sulfonamides is 1. The molecule has 0 aromatic heterocycles. The molecular formula is C12H25N3O3S. The van der Waals surface area contributed by atoms with Gasteiger partial charge in [0.25, 0.3) is 0 Å². The molecule has 3 N–H and O–H groups in total. The Balaban J connectivity index is 2.67. The van der Waals surface area contributed by atoms with Crippen molar-refractivity contribution in [3.05, 3.63) is 0 Å². The third-order valence-electron chi connectivity index (χ3n) is 3.30. The number of nitrogens with one attached hydrogen (secondary N) is 1. The number of piperidine rings is 1. The van der Waals surface area contributed by atoms with E-state index in [4.69, 9.17) is 5.14 Å². The Morgan fingerprint density at radius 3 is 2.47 bits per heavy atom. The lowest BCUT2D eigenvalue weighted by Gasteiger charge is -2.36. The van der Waals surface area contributed by atoms with Crippen LogP contribution < -0.4 is 10.5 Å². The minimum atomic E-state index is -3.53. The molecule has 0 aliphatic carbocycles. The Labute approximate surface area is 115 Å². The summed E-state index contributed by atoms with van der Waals surface area (Å²) in [6, 6.07) is -0.344. The fourth-order valence-corrected chi connectivity index (χ4v) is 3.12. The lowest BCUT2D eigenvalue weighted by atomic mass is 10.1. The number of nitrogens with two attached hydrogens (primary N) is 1. The van der Waals surface area contributed by atoms with Gasteiger partial charge in [0.1, 0.15) is 0 Å². The number of primary sulfonamides is 1. The van der Waals surface area contributed by atoms with Crippen LogP contribution >= 0.6 is 0 Å². The molecule has 0 saturated carbocycles. The number of carbonyl (C=O) groups is 1. The molecule has 1 aliphatic heterocycles. The van der Waals surface area contributed by atoms with Crippen LogP contribution in [0.1, 0.15) is 40.5 Å². The van der Waals surface area contributed by atoms with Crippen molar-refractivity contribution in [2.24, 2.45) is 5.14 Å². The molecule has 1 aliphatic rings. The molecule has 1 amide bonds. The van der Waals surface area contributed by atoms with Gasteiger partial charge in [-0.25, -0.2) is 13.6 Å². The SMILES string of the molecule is C[C@@H](C(=O)NC(C)(C)C)N1CCC[C@@H](S(N)(=O)=O)C1. The standard InChI is InChI=1S/C12H25N3O3S/c1-9(11(16)14-12(2,3)4)15-7-5-6-10(8-15)19(13,17)18/h9-10H,5-8H2,1-4H3,(H,14,16)(H2,13,17,18)/t9-,10+/m0/s1. The number of carbonyl (C=O) groups excluding carboxylic acids is 1. The number of amides is 1. The molecule has 1 heterocycles. The first-order valence-corrected chi connectivity index (χ1v) is 8.19. The number of nitrogens with zero attached hydrogens (tertiary/aromatic N) is 1. The molecule has 0 bridgehead atoms. The summed E-state index contributed by atoms with van der Waals surface area (Å²) in [5, 5.41) is 7.54. The van der Waals surface area contributed by atoms with Crippen molar-refractivity contribution in [2.45, 2.75) is 57.4 Å². The molecule has 1 saturated heterocycles. The van der Waals surface area contributed by atoms with Gasteiger partial charge < -0.3 is 5.32 Å². The van der Waals surface area contributed by atoms with Crippen LogP contribution in [0.3, 0.4) is 0 Å². The summed E-state index contributed by atoms with van der Waals surface area (Å²) in [7, 11) is -3.53. The largest absolute Gasteiger partial charge is 0.350 e. The lowest BCUT2D eigenvalue weighted by molar-refractivity contribution is -0.127. The van der Waals surface area contributed by atoms with Crippen LogP contribution in [-0.2, 0) is 14.8 Å². The predicted octanol–water partition coefficient (Wildman–Crippen LogP) is 0.0425. The molecule has 0 aromatic rings. The van der Waals surface area contributed by atoms with Crippen LogP contribution in [0.4, 0.5) is 0 Å². The zero-order valence-electron chi connectivity index (χ0n) is 12.1. The molecule has 1 fully saturated rings. The van der Waals surface area contributed by atoms with Gasteiger partial charge in [-0.1, -0.05) is 0 Å². The van der Waals surface area contributed by atoms with E-state index >= 15 is 0 Å². The minimum absolute atomic E-state index is 0.0810. The number of likely N-dealkylation sites (tertiary alicyclic amines) is 1. The fraction of sp³-hybridized carbons (Fsp3) is 0.917. The van der Waals surface area contributed by atoms with E-state index in [1.807, 2.05) is 25.7 Å². The van der Waals surface area contributed by atoms with E-state index in [0.717, 1.165) is 13.0 Å². The van der Waals surface area contributed by atoms with Crippen LogP contribution in [0.5, 0.6) is 0 Å². The molecule has 1 rings (SSSR count). The molecular weight excluding hydrogens is 266 g/mol. The minimum Gasteiger partial charge on any atom is -0.350 e. The molecule has 112 valence electrons. The van der Waals surface area contributed by atoms with Crippen molar-refractivity contribution in [1.29, 1.82) is 0 Å². The smallest absolute Gasteiger partial charge is 0.237 e. The molecule has 6 nitrogen and oxygen atoms in total. The van der Waals surface area contributed by atoms with Crippen LogP contribution in [0.25, 0.3) is 0 Å². The maximum absolute atomic E-state index is 12.1. The molecule has 19 heavy (non-hydrogen) atoms. The van der Waals surface area contributed by atoms with E-state index in [1.165, 1.54) is 0 Å². The van der Waals surface area contributed by atoms with Gasteiger partial charge in [-0.3, -0.25) is 9.69 Å². The summed E-state index contributed by atoms with van der Waals surface area (Å²) in [6.45, 7) is 8.61. The molecule has 2 atom stereocenters. The van der Waals surface area contributed by atoms with Crippen LogP contribution in [0.2, 0.25) is 0 Å². The van der Waals surface area contributed by atoms with Crippen molar-refractivity contribution < 1.29 is 13.2 Å². The zero-order chi connectivity index (χ0) is 14.8. The Morgan fingerprint density at radius 2 is 2.00 bits per heavy atom. The maximum atomic E-state index is 12.1. The van der Waals surface area contributed by atoms with Gasteiger partial charge in [0.15, 0.2) is 0 Å². The number of hydrogen-bond donors (Lipinski definition) is 2. The molecule has 0 spiro atoms. The summed E-state index contributed by atoms with van der Waals surface area (Å²) in [6.07, 6.45) is 1.32. The van der Waals surface area contributed by atoms with E-state index in [2.05, 4.69) is 5.32 Å². The highest BCUT2D eigenvalue weighted by Gasteiger charge is 2.33. The lowest BCUT2D eigenvalue weighted by Crippen LogP contribution is -2.55. The van der Waals surface area contributed by atoms with Gasteiger partial charge >= 0.3 is 0 Å². The van der Waals surface area contributed by atoms with Gasteiger partial charge in [-0.05, 0) is 47.1 Å². The summed E-state index contributed by atoms with van der Waals surface area (Å²) in [5.41, 5.74) is -0.291. The molecule has 0 radical (unpaired) electrons. The third kappa shape index (κ3) is 5.08. The van der Waals surface area contributed by atoms with Gasteiger partial charge in [-0.15, -0.1) is 0 Å². The first-order chi connectivity index (χ1) is 8.50. The van der Waals surface area contributed by atoms with E-state index in [9.17, 15) is 13.2 Å². The molecule has 0 aromatic carbocycles. The van der Waals surface area contributed by atoms with E-state index in [-0.39, 0.29) is 17.5 Å². The summed E-state index contributed by atoms with van der Waals surface area (Å²) < 4.78 is 22.8. The van der Waals surface area contributed by atoms with E-state index in [0.29, 0.717) is 13.0 Å². The Kier molecular flexibility index (Phi) is 4.97. The second-order valence-corrected chi connectivity index (χ2v) is 8.11. The highest BCUT2D eigenvalue weighted by Crippen LogP contribution is 2.17. The van der Waals surface area contributed by atoms with Crippen molar-refractivity contribution in [2.75, 3.05) is 13.1 Å². The third-order valence-corrected chi connectivity index (χ3v) is 4.61. The van der Waals surface area contributed by atoms with Crippen molar-refractivity contribution in [3.63, 3.8) is 0 Å². The van der Waals surface area contributed by atoms with Gasteiger partial charge in [0.05, 0.1) is 11.3 Å². The van der Waals surface area contributed by atoms with Crippen molar-refractivity contribution in [1.82, 2.24) is 10.2 Å². The van der Waals surface area contributed by atoms with E-state index in [1.54, 1.807) is 6.92 Å². The van der Waals surface area contributed by atoms with Crippen molar-refractivity contribution in [3.8, 4) is 0 Å². The van der Waals surface area contributed by atoms with Gasteiger partial charge in [0, 0.05) is 12.1 Å². The average molecular weight is 291 g/mol. The Bertz CT molecular complexity index is 428. The van der Waals surface area contributed by atoms with Crippen LogP contribution in [-0.4, -0.2) is 49.1 Å². The van der Waals surface area contributed by atoms with Gasteiger partial charge in [0.2, 0.25) is 15.9 Å². The molecule has 0 unspecified atom stereocenters. The average Bonchev–Trinajstić information content (AvgIpc) is 2.24. The monoisotopic (exact) mass is 291 g/mol. The first kappa shape index (κ1) is 16.4. The van der Waals surface area contributed by atoms with Gasteiger partial charge in [-0.2, -0.15) is 0 Å². The Hall–Kier alpha value is -0.660. The summed E-state index contributed by atoms with van der Waals surface area (Å²) in [4.78, 5) is 14.0. The second kappa shape index (κ2) is 5.76. The highest BCUT2D eigenvalue weighted by molar-refractivity contribution is 7.89. The summed E-state index contributed by atoms with van der Waals surface area (Å²) >= 11 is 0. The first-order valence-electron chi connectivity index (χ1n) is 6.58. The topological polar surface area (TPSA) is 92.5 Å². The van der Waals surface area contributed by atoms with E-state index < -0.39 is 15.3 Å². The fourth-order valence-electron chi connectivity index (χ4n) is 2.23. The van der Waals surface area contributed by atoms with Crippen molar-refractivity contribution >= 4 is 15.9 Å². The predicted molar refractivity (Wildman–Crippen MR) is 75.1 cm³/mol. The normalized spacial score (nSPS) is 23.9.